The van der Waals surface area contributed by atoms with E-state index in [1.807, 2.05) is 0 Å². The van der Waals surface area contributed by atoms with Gasteiger partial charge in [0.2, 0.25) is 5.82 Å². The lowest BCUT2D eigenvalue weighted by atomic mass is 10.2. The monoisotopic (exact) mass is 394 g/mol. The van der Waals surface area contributed by atoms with Gasteiger partial charge in [0.05, 0.1) is 0 Å². The lowest BCUT2D eigenvalue weighted by Gasteiger charge is -2.09. The molecule has 0 fully saturated rings. The highest BCUT2D eigenvalue weighted by Crippen LogP contribution is 2.31. The lowest BCUT2D eigenvalue weighted by molar-refractivity contribution is 0.396. The first-order valence-corrected chi connectivity index (χ1v) is 7.09. The molecule has 0 saturated heterocycles. The minimum absolute atomic E-state index is 0.166. The van der Waals surface area contributed by atoms with E-state index in [1.54, 1.807) is 6.07 Å². The maximum Gasteiger partial charge on any atom is 0.201 e. The maximum atomic E-state index is 13.7. The molecule has 0 N–H and O–H groups in total. The Hall–Kier alpha value is -1.01. The minimum atomic E-state index is -1.16. The summed E-state index contributed by atoms with van der Waals surface area (Å²) in [4.78, 5) is 0. The number of alkyl halides is 1. The fourth-order valence-corrected chi connectivity index (χ4v) is 2.19. The van der Waals surface area contributed by atoms with Crippen molar-refractivity contribution in [2.75, 3.05) is 0 Å². The van der Waals surface area contributed by atoms with E-state index in [2.05, 4.69) is 31.9 Å². The average molecular weight is 396 g/mol. The third-order valence-corrected chi connectivity index (χ3v) is 3.44. The Bertz CT molecular complexity index is 617. The van der Waals surface area contributed by atoms with Crippen LogP contribution in [0.5, 0.6) is 11.5 Å². The van der Waals surface area contributed by atoms with Crippen molar-refractivity contribution in [1.82, 2.24) is 0 Å². The summed E-state index contributed by atoms with van der Waals surface area (Å²) in [6.07, 6.45) is 0. The molecule has 2 rings (SSSR count). The number of hydrogen-bond donors (Lipinski definition) is 0. The summed E-state index contributed by atoms with van der Waals surface area (Å²) in [6.45, 7) is 0. The van der Waals surface area contributed by atoms with Crippen molar-refractivity contribution in [1.29, 1.82) is 0 Å². The minimum Gasteiger partial charge on any atom is -0.451 e. The molecule has 2 aromatic rings. The predicted octanol–water partition coefficient (Wildman–Crippen LogP) is 5.55. The Morgan fingerprint density at radius 3 is 2.32 bits per heavy atom. The van der Waals surface area contributed by atoms with E-state index in [0.717, 1.165) is 6.07 Å². The molecule has 0 unspecified atom stereocenters. The van der Waals surface area contributed by atoms with Gasteiger partial charge in [-0.25, -0.2) is 8.78 Å². The van der Waals surface area contributed by atoms with E-state index in [0.29, 0.717) is 15.4 Å². The zero-order chi connectivity index (χ0) is 14.0. The summed E-state index contributed by atoms with van der Waals surface area (Å²) >= 11 is 6.21. The SMILES string of the molecule is Fc1cc(CBr)ccc1Oc1cc(Br)cc(F)c1F. The molecule has 0 heterocycles. The molecule has 0 aromatic heterocycles. The van der Waals surface area contributed by atoms with Gasteiger partial charge in [-0.15, -0.1) is 0 Å². The fraction of sp³-hybridized carbons (Fsp3) is 0.0769. The highest BCUT2D eigenvalue weighted by molar-refractivity contribution is 9.10. The van der Waals surface area contributed by atoms with Gasteiger partial charge in [-0.05, 0) is 29.8 Å². The van der Waals surface area contributed by atoms with Crippen LogP contribution in [-0.4, -0.2) is 0 Å². The Morgan fingerprint density at radius 1 is 0.947 bits per heavy atom. The van der Waals surface area contributed by atoms with Crippen LogP contribution in [0.25, 0.3) is 0 Å². The van der Waals surface area contributed by atoms with Crippen molar-refractivity contribution in [3.63, 3.8) is 0 Å². The van der Waals surface area contributed by atoms with E-state index in [1.165, 1.54) is 18.2 Å². The maximum absolute atomic E-state index is 13.7. The zero-order valence-corrected chi connectivity index (χ0v) is 12.6. The normalized spacial score (nSPS) is 10.6. The number of hydrogen-bond acceptors (Lipinski definition) is 1. The topological polar surface area (TPSA) is 9.23 Å². The molecular formula is C13H7Br2F3O. The standard InChI is InChI=1S/C13H7Br2F3O/c14-6-7-1-2-11(9(16)3-7)19-12-5-8(15)4-10(17)13(12)18/h1-5H,6H2. The summed E-state index contributed by atoms with van der Waals surface area (Å²) in [5.74, 6) is -3.41. The van der Waals surface area contributed by atoms with Crippen LogP contribution in [0.4, 0.5) is 13.2 Å². The molecule has 1 nitrogen and oxygen atoms in total. The van der Waals surface area contributed by atoms with Crippen LogP contribution in [0.15, 0.2) is 34.8 Å². The molecule has 0 saturated carbocycles. The van der Waals surface area contributed by atoms with E-state index in [9.17, 15) is 13.2 Å². The first-order valence-electron chi connectivity index (χ1n) is 5.18. The molecule has 0 atom stereocenters. The fourth-order valence-electron chi connectivity index (χ4n) is 1.44. The molecule has 0 radical (unpaired) electrons. The van der Waals surface area contributed by atoms with Crippen molar-refractivity contribution in [3.8, 4) is 11.5 Å². The molecular weight excluding hydrogens is 389 g/mol. The van der Waals surface area contributed by atoms with E-state index >= 15 is 0 Å². The number of benzene rings is 2. The van der Waals surface area contributed by atoms with E-state index in [4.69, 9.17) is 4.74 Å². The van der Waals surface area contributed by atoms with Crippen molar-refractivity contribution in [3.05, 3.63) is 57.8 Å². The van der Waals surface area contributed by atoms with Crippen LogP contribution >= 0.6 is 31.9 Å². The molecule has 6 heteroatoms. The molecule has 0 bridgehead atoms. The second-order valence-electron chi connectivity index (χ2n) is 3.70. The number of halogens is 5. The van der Waals surface area contributed by atoms with Crippen molar-refractivity contribution < 1.29 is 17.9 Å². The molecule has 0 spiro atoms. The van der Waals surface area contributed by atoms with E-state index in [-0.39, 0.29) is 11.5 Å². The molecule has 100 valence electrons. The Kier molecular flexibility index (Phi) is 4.52. The van der Waals surface area contributed by atoms with Gasteiger partial charge in [-0.2, -0.15) is 4.39 Å². The van der Waals surface area contributed by atoms with Crippen molar-refractivity contribution in [2.24, 2.45) is 0 Å². The zero-order valence-electron chi connectivity index (χ0n) is 9.39. The molecule has 19 heavy (non-hydrogen) atoms. The van der Waals surface area contributed by atoms with Gasteiger partial charge in [0.1, 0.15) is 0 Å². The summed E-state index contributed by atoms with van der Waals surface area (Å²) in [7, 11) is 0. The third kappa shape index (κ3) is 3.30. The predicted molar refractivity (Wildman–Crippen MR) is 73.2 cm³/mol. The van der Waals surface area contributed by atoms with Gasteiger partial charge >= 0.3 is 0 Å². The van der Waals surface area contributed by atoms with Crippen LogP contribution in [0.3, 0.4) is 0 Å². The smallest absolute Gasteiger partial charge is 0.201 e. The number of ether oxygens (including phenoxy) is 1. The summed E-state index contributed by atoms with van der Waals surface area (Å²) in [6, 6.07) is 6.45. The Balaban J connectivity index is 2.36. The van der Waals surface area contributed by atoms with Gasteiger partial charge in [-0.1, -0.05) is 37.9 Å². The third-order valence-electron chi connectivity index (χ3n) is 2.33. The van der Waals surface area contributed by atoms with Crippen LogP contribution in [-0.2, 0) is 5.33 Å². The highest BCUT2D eigenvalue weighted by Gasteiger charge is 2.14. The highest BCUT2D eigenvalue weighted by atomic mass is 79.9. The van der Waals surface area contributed by atoms with Gasteiger partial charge in [0, 0.05) is 9.80 Å². The van der Waals surface area contributed by atoms with Crippen LogP contribution in [0, 0.1) is 17.5 Å². The summed E-state index contributed by atoms with van der Waals surface area (Å²) < 4.78 is 45.7. The average Bonchev–Trinajstić information content (AvgIpc) is 2.37. The lowest BCUT2D eigenvalue weighted by Crippen LogP contribution is -1.95. The first-order chi connectivity index (χ1) is 9.01. The summed E-state index contributed by atoms with van der Waals surface area (Å²) in [5, 5.41) is 0.490. The van der Waals surface area contributed by atoms with Crippen molar-refractivity contribution >= 4 is 31.9 Å². The van der Waals surface area contributed by atoms with Crippen LogP contribution in [0.2, 0.25) is 0 Å². The van der Waals surface area contributed by atoms with E-state index < -0.39 is 17.5 Å². The molecule has 0 aliphatic carbocycles. The summed E-state index contributed by atoms with van der Waals surface area (Å²) in [5.41, 5.74) is 0.714. The van der Waals surface area contributed by atoms with Gasteiger partial charge in [0.25, 0.3) is 0 Å². The first kappa shape index (κ1) is 14.4. The van der Waals surface area contributed by atoms with Crippen LogP contribution < -0.4 is 4.74 Å². The molecule has 2 aromatic carbocycles. The van der Waals surface area contributed by atoms with Crippen LogP contribution in [0.1, 0.15) is 5.56 Å². The largest absolute Gasteiger partial charge is 0.451 e. The molecule has 0 aliphatic rings. The second kappa shape index (κ2) is 5.96. The Labute approximate surface area is 124 Å². The van der Waals surface area contributed by atoms with Crippen molar-refractivity contribution in [2.45, 2.75) is 5.33 Å². The number of rotatable bonds is 3. The molecule has 0 aliphatic heterocycles. The molecule has 0 amide bonds. The van der Waals surface area contributed by atoms with Gasteiger partial charge in [0.15, 0.2) is 23.1 Å². The second-order valence-corrected chi connectivity index (χ2v) is 5.18. The Morgan fingerprint density at radius 2 is 1.68 bits per heavy atom. The van der Waals surface area contributed by atoms with Gasteiger partial charge < -0.3 is 4.74 Å². The quantitative estimate of drug-likeness (QED) is 0.488. The van der Waals surface area contributed by atoms with Gasteiger partial charge in [-0.3, -0.25) is 0 Å².